The Labute approximate surface area is 136 Å². The summed E-state index contributed by atoms with van der Waals surface area (Å²) >= 11 is 18.1. The SMILES string of the molecule is Cn1cc(-c2ccnc(Cl)n2)c(-c2ccc(Cl)cc2Cl)n1. The average Bonchev–Trinajstić information content (AvgIpc) is 2.80. The summed E-state index contributed by atoms with van der Waals surface area (Å²) in [6.45, 7) is 0. The largest absolute Gasteiger partial charge is 0.274 e. The minimum Gasteiger partial charge on any atom is -0.274 e. The quantitative estimate of drug-likeness (QED) is 0.645. The zero-order chi connectivity index (χ0) is 15.0. The van der Waals surface area contributed by atoms with E-state index in [1.54, 1.807) is 29.1 Å². The summed E-state index contributed by atoms with van der Waals surface area (Å²) < 4.78 is 1.70. The van der Waals surface area contributed by atoms with E-state index in [2.05, 4.69) is 15.1 Å². The molecule has 3 aromatic rings. The molecule has 0 N–H and O–H groups in total. The molecule has 7 heteroatoms. The highest BCUT2D eigenvalue weighted by Gasteiger charge is 2.16. The van der Waals surface area contributed by atoms with E-state index in [9.17, 15) is 0 Å². The first-order valence-electron chi connectivity index (χ1n) is 6.02. The van der Waals surface area contributed by atoms with Gasteiger partial charge in [0.25, 0.3) is 0 Å². The molecule has 0 spiro atoms. The van der Waals surface area contributed by atoms with Gasteiger partial charge in [0.1, 0.15) is 5.69 Å². The Bertz CT molecular complexity index is 814. The third-order valence-corrected chi connectivity index (χ3v) is 3.65. The molecule has 3 rings (SSSR count). The molecule has 0 saturated carbocycles. The van der Waals surface area contributed by atoms with E-state index in [4.69, 9.17) is 34.8 Å². The zero-order valence-corrected chi connectivity index (χ0v) is 13.2. The molecule has 1 aromatic carbocycles. The molecule has 0 aliphatic carbocycles. The molecule has 0 atom stereocenters. The summed E-state index contributed by atoms with van der Waals surface area (Å²) in [5.74, 6) is 0. The predicted octanol–water partition coefficient (Wildman–Crippen LogP) is 4.50. The van der Waals surface area contributed by atoms with E-state index in [0.29, 0.717) is 21.4 Å². The van der Waals surface area contributed by atoms with Gasteiger partial charge in [-0.15, -0.1) is 0 Å². The van der Waals surface area contributed by atoms with Crippen LogP contribution in [0.1, 0.15) is 0 Å². The molecule has 2 aromatic heterocycles. The minimum atomic E-state index is 0.185. The second kappa shape index (κ2) is 5.64. The van der Waals surface area contributed by atoms with E-state index >= 15 is 0 Å². The Hall–Kier alpha value is -1.62. The van der Waals surface area contributed by atoms with Crippen molar-refractivity contribution in [1.29, 1.82) is 0 Å². The number of halogens is 3. The fourth-order valence-corrected chi connectivity index (χ4v) is 2.69. The molecule has 0 amide bonds. The van der Waals surface area contributed by atoms with Crippen molar-refractivity contribution in [2.45, 2.75) is 0 Å². The Kier molecular flexibility index (Phi) is 3.85. The van der Waals surface area contributed by atoms with E-state index in [0.717, 1.165) is 11.1 Å². The molecule has 0 bridgehead atoms. The number of hydrogen-bond donors (Lipinski definition) is 0. The minimum absolute atomic E-state index is 0.185. The number of benzene rings is 1. The second-order valence-electron chi connectivity index (χ2n) is 4.40. The van der Waals surface area contributed by atoms with E-state index in [-0.39, 0.29) is 5.28 Å². The first-order valence-corrected chi connectivity index (χ1v) is 7.16. The van der Waals surface area contributed by atoms with Crippen molar-refractivity contribution < 1.29 is 0 Å². The van der Waals surface area contributed by atoms with Gasteiger partial charge in [0.15, 0.2) is 0 Å². The summed E-state index contributed by atoms with van der Waals surface area (Å²) in [6, 6.07) is 7.06. The highest BCUT2D eigenvalue weighted by molar-refractivity contribution is 6.36. The lowest BCUT2D eigenvalue weighted by Gasteiger charge is -2.05. The highest BCUT2D eigenvalue weighted by Crippen LogP contribution is 2.35. The molecular weight excluding hydrogens is 331 g/mol. The lowest BCUT2D eigenvalue weighted by molar-refractivity contribution is 0.771. The number of hydrogen-bond acceptors (Lipinski definition) is 3. The van der Waals surface area contributed by atoms with Gasteiger partial charge in [-0.2, -0.15) is 5.10 Å². The molecule has 0 unspecified atom stereocenters. The Balaban J connectivity index is 2.20. The predicted molar refractivity (Wildman–Crippen MR) is 84.7 cm³/mol. The molecule has 0 radical (unpaired) electrons. The van der Waals surface area contributed by atoms with Gasteiger partial charge in [-0.05, 0) is 35.9 Å². The summed E-state index contributed by atoms with van der Waals surface area (Å²) in [6.07, 6.45) is 3.46. The summed E-state index contributed by atoms with van der Waals surface area (Å²) in [5, 5.41) is 5.75. The van der Waals surface area contributed by atoms with E-state index in [1.165, 1.54) is 0 Å². The molecule has 0 aliphatic heterocycles. The smallest absolute Gasteiger partial charge is 0.222 e. The fourth-order valence-electron chi connectivity index (χ4n) is 2.04. The Morgan fingerprint density at radius 2 is 1.86 bits per heavy atom. The van der Waals surface area contributed by atoms with Crippen LogP contribution in [0.25, 0.3) is 22.5 Å². The number of rotatable bonds is 2. The monoisotopic (exact) mass is 338 g/mol. The van der Waals surface area contributed by atoms with Gasteiger partial charge < -0.3 is 0 Å². The van der Waals surface area contributed by atoms with E-state index < -0.39 is 0 Å². The average molecular weight is 340 g/mol. The third-order valence-electron chi connectivity index (χ3n) is 2.92. The van der Waals surface area contributed by atoms with Gasteiger partial charge in [-0.25, -0.2) is 9.97 Å². The van der Waals surface area contributed by atoms with Crippen molar-refractivity contribution in [2.75, 3.05) is 0 Å². The molecule has 0 aliphatic rings. The molecule has 21 heavy (non-hydrogen) atoms. The van der Waals surface area contributed by atoms with Crippen LogP contribution in [0, 0.1) is 0 Å². The van der Waals surface area contributed by atoms with Crippen LogP contribution >= 0.6 is 34.8 Å². The first kappa shape index (κ1) is 14.3. The maximum atomic E-state index is 6.27. The van der Waals surface area contributed by atoms with Crippen LogP contribution in [0.4, 0.5) is 0 Å². The first-order chi connectivity index (χ1) is 10.0. The Morgan fingerprint density at radius 3 is 2.57 bits per heavy atom. The van der Waals surface area contributed by atoms with Crippen molar-refractivity contribution in [3.63, 3.8) is 0 Å². The molecule has 106 valence electrons. The second-order valence-corrected chi connectivity index (χ2v) is 5.58. The maximum absolute atomic E-state index is 6.27. The van der Waals surface area contributed by atoms with Gasteiger partial charge in [0.05, 0.1) is 10.7 Å². The molecule has 0 fully saturated rings. The maximum Gasteiger partial charge on any atom is 0.222 e. The van der Waals surface area contributed by atoms with Crippen LogP contribution in [0.5, 0.6) is 0 Å². The van der Waals surface area contributed by atoms with Crippen LogP contribution in [0.15, 0.2) is 36.7 Å². The highest BCUT2D eigenvalue weighted by atomic mass is 35.5. The number of nitrogens with zero attached hydrogens (tertiary/aromatic N) is 4. The van der Waals surface area contributed by atoms with Gasteiger partial charge in [0, 0.05) is 35.6 Å². The van der Waals surface area contributed by atoms with Crippen LogP contribution < -0.4 is 0 Å². The topological polar surface area (TPSA) is 43.6 Å². The van der Waals surface area contributed by atoms with E-state index in [1.807, 2.05) is 19.3 Å². The van der Waals surface area contributed by atoms with Crippen molar-refractivity contribution >= 4 is 34.8 Å². The lowest BCUT2D eigenvalue weighted by atomic mass is 10.1. The van der Waals surface area contributed by atoms with Crippen LogP contribution in [0.2, 0.25) is 15.3 Å². The summed E-state index contributed by atoms with van der Waals surface area (Å²) in [7, 11) is 1.83. The van der Waals surface area contributed by atoms with Gasteiger partial charge in [-0.1, -0.05) is 23.2 Å². The summed E-state index contributed by atoms with van der Waals surface area (Å²) in [4.78, 5) is 8.11. The van der Waals surface area contributed by atoms with Crippen LogP contribution in [-0.2, 0) is 7.05 Å². The van der Waals surface area contributed by atoms with Crippen molar-refractivity contribution in [3.05, 3.63) is 52.0 Å². The van der Waals surface area contributed by atoms with Gasteiger partial charge in [-0.3, -0.25) is 4.68 Å². The fraction of sp³-hybridized carbons (Fsp3) is 0.0714. The zero-order valence-electron chi connectivity index (χ0n) is 10.9. The standard InChI is InChI=1S/C14H9Cl3N4/c1-21-7-10(12-4-5-18-14(17)19-12)13(20-21)9-3-2-8(15)6-11(9)16/h2-7H,1H3. The molecule has 2 heterocycles. The molecule has 4 nitrogen and oxygen atoms in total. The van der Waals surface area contributed by atoms with Crippen molar-refractivity contribution in [2.24, 2.45) is 7.05 Å². The van der Waals surface area contributed by atoms with Crippen molar-refractivity contribution in [3.8, 4) is 22.5 Å². The van der Waals surface area contributed by atoms with Gasteiger partial charge in [0.2, 0.25) is 5.28 Å². The molecular formula is C14H9Cl3N4. The lowest BCUT2D eigenvalue weighted by Crippen LogP contribution is -1.89. The van der Waals surface area contributed by atoms with Crippen LogP contribution in [-0.4, -0.2) is 19.7 Å². The normalized spacial score (nSPS) is 10.9. The van der Waals surface area contributed by atoms with Crippen LogP contribution in [0.3, 0.4) is 0 Å². The number of aromatic nitrogens is 4. The number of aryl methyl sites for hydroxylation is 1. The van der Waals surface area contributed by atoms with Crippen molar-refractivity contribution in [1.82, 2.24) is 19.7 Å². The third kappa shape index (κ3) is 2.88. The molecule has 0 saturated heterocycles. The van der Waals surface area contributed by atoms with Gasteiger partial charge >= 0.3 is 0 Å². The Morgan fingerprint density at radius 1 is 1.05 bits per heavy atom. The summed E-state index contributed by atoms with van der Waals surface area (Å²) in [5.41, 5.74) is 3.01.